The molecule has 0 radical (unpaired) electrons. The summed E-state index contributed by atoms with van der Waals surface area (Å²) in [4.78, 5) is 16.7. The average Bonchev–Trinajstić information content (AvgIpc) is 3.11. The molecule has 0 aliphatic carbocycles. The summed E-state index contributed by atoms with van der Waals surface area (Å²) in [5.41, 5.74) is -0.185. The van der Waals surface area contributed by atoms with E-state index in [1.807, 2.05) is 0 Å². The lowest BCUT2D eigenvalue weighted by molar-refractivity contribution is -0.137. The first-order valence-electron chi connectivity index (χ1n) is 8.73. The number of hydrogen-bond acceptors (Lipinski definition) is 5. The quantitative estimate of drug-likeness (QED) is 0.655. The number of aromatic nitrogens is 2. The number of alkyl halides is 3. The summed E-state index contributed by atoms with van der Waals surface area (Å²) >= 11 is 0. The minimum absolute atomic E-state index is 0.00478. The Morgan fingerprint density at radius 3 is 2.66 bits per heavy atom. The van der Waals surface area contributed by atoms with Crippen molar-refractivity contribution < 1.29 is 27.2 Å². The first-order chi connectivity index (χ1) is 13.7. The number of hydrogen-bond donors (Lipinski definition) is 1. The van der Waals surface area contributed by atoms with Crippen LogP contribution in [0, 0.1) is 6.92 Å². The number of aryl methyl sites for hydroxylation is 1. The summed E-state index contributed by atoms with van der Waals surface area (Å²) in [6.07, 6.45) is -4.45. The molecule has 0 saturated heterocycles. The van der Waals surface area contributed by atoms with Gasteiger partial charge in [-0.25, -0.2) is 0 Å². The maximum absolute atomic E-state index is 12.9. The summed E-state index contributed by atoms with van der Waals surface area (Å²) in [6, 6.07) is 10.7. The third-order valence-electron chi connectivity index (χ3n) is 4.12. The summed E-state index contributed by atoms with van der Waals surface area (Å²) in [6.45, 7) is 3.26. The van der Waals surface area contributed by atoms with Crippen LogP contribution in [0.5, 0.6) is 5.75 Å². The highest BCUT2D eigenvalue weighted by Gasteiger charge is 2.30. The molecule has 29 heavy (non-hydrogen) atoms. The maximum atomic E-state index is 12.9. The Hall–Kier alpha value is -3.36. The molecule has 3 aromatic rings. The number of nitrogens with one attached hydrogen (secondary N) is 1. The lowest BCUT2D eigenvalue weighted by Gasteiger charge is -2.17. The Bertz CT molecular complexity index is 1000. The highest BCUT2D eigenvalue weighted by atomic mass is 19.4. The van der Waals surface area contributed by atoms with Gasteiger partial charge < -0.3 is 14.6 Å². The van der Waals surface area contributed by atoms with E-state index in [0.29, 0.717) is 23.0 Å². The highest BCUT2D eigenvalue weighted by molar-refractivity contribution is 5.97. The summed E-state index contributed by atoms with van der Waals surface area (Å²) in [5.74, 6) is 0.540. The van der Waals surface area contributed by atoms with Crippen molar-refractivity contribution in [3.63, 3.8) is 0 Å². The zero-order chi connectivity index (χ0) is 21.0. The normalized spacial score (nSPS) is 12.4. The van der Waals surface area contributed by atoms with Gasteiger partial charge in [0.25, 0.3) is 5.91 Å². The van der Waals surface area contributed by atoms with Crippen LogP contribution in [-0.2, 0) is 12.8 Å². The molecule has 1 aromatic heterocycles. The van der Waals surface area contributed by atoms with Gasteiger partial charge >= 0.3 is 6.18 Å². The molecule has 0 aliphatic heterocycles. The van der Waals surface area contributed by atoms with Crippen molar-refractivity contribution >= 4 is 5.91 Å². The first-order valence-corrected chi connectivity index (χ1v) is 8.73. The van der Waals surface area contributed by atoms with Gasteiger partial charge in [-0.3, -0.25) is 4.79 Å². The van der Waals surface area contributed by atoms with Crippen LogP contribution in [0.4, 0.5) is 13.2 Å². The Kier molecular flexibility index (Phi) is 5.86. The van der Waals surface area contributed by atoms with Crippen molar-refractivity contribution in [2.45, 2.75) is 32.7 Å². The Balaban J connectivity index is 1.72. The second-order valence-corrected chi connectivity index (χ2v) is 6.33. The van der Waals surface area contributed by atoms with E-state index >= 15 is 0 Å². The predicted molar refractivity (Wildman–Crippen MR) is 97.1 cm³/mol. The van der Waals surface area contributed by atoms with Gasteiger partial charge in [-0.05, 0) is 36.8 Å². The van der Waals surface area contributed by atoms with E-state index in [1.54, 1.807) is 38.1 Å². The van der Waals surface area contributed by atoms with Crippen molar-refractivity contribution in [2.24, 2.45) is 0 Å². The molecule has 0 spiro atoms. The van der Waals surface area contributed by atoms with Crippen LogP contribution in [0.15, 0.2) is 53.1 Å². The number of carbonyl (C=O) groups excluding carboxylic acids is 1. The first kappa shape index (κ1) is 20.4. The second kappa shape index (κ2) is 8.34. The highest BCUT2D eigenvalue weighted by Crippen LogP contribution is 2.31. The molecule has 3 rings (SSSR count). The number of carbonyl (C=O) groups is 1. The van der Waals surface area contributed by atoms with E-state index in [1.165, 1.54) is 12.1 Å². The lowest BCUT2D eigenvalue weighted by atomic mass is 10.0. The van der Waals surface area contributed by atoms with Crippen LogP contribution in [-0.4, -0.2) is 16.0 Å². The minimum atomic E-state index is -4.45. The fraction of sp³-hybridized carbons (Fsp3) is 0.250. The zero-order valence-corrected chi connectivity index (χ0v) is 15.7. The van der Waals surface area contributed by atoms with E-state index in [-0.39, 0.29) is 12.2 Å². The molecule has 0 bridgehead atoms. The fourth-order valence-electron chi connectivity index (χ4n) is 2.66. The van der Waals surface area contributed by atoms with Gasteiger partial charge in [0.2, 0.25) is 11.7 Å². The van der Waals surface area contributed by atoms with Crippen molar-refractivity contribution in [3.05, 3.63) is 76.9 Å². The van der Waals surface area contributed by atoms with Crippen LogP contribution in [0.1, 0.15) is 46.2 Å². The molecule has 2 aromatic carbocycles. The van der Waals surface area contributed by atoms with E-state index in [9.17, 15) is 18.0 Å². The van der Waals surface area contributed by atoms with E-state index in [4.69, 9.17) is 9.26 Å². The number of benzene rings is 2. The van der Waals surface area contributed by atoms with Gasteiger partial charge in [0, 0.05) is 6.92 Å². The SMILES string of the molecule is Cc1nc(COc2ccccc2C(=O)N[C@@H](C)c2cccc(C(F)(F)F)c2)no1. The standard InChI is InChI=1S/C20H18F3N3O3/c1-12(14-6-5-7-15(10-14)20(21,22)23)24-19(27)16-8-3-4-9-17(16)28-11-18-25-13(2)29-26-18/h3-10,12H,11H2,1-2H3,(H,24,27)/t12-/m0/s1. The average molecular weight is 405 g/mol. The van der Waals surface area contributed by atoms with E-state index < -0.39 is 23.7 Å². The van der Waals surface area contributed by atoms with Crippen LogP contribution in [0.3, 0.4) is 0 Å². The van der Waals surface area contributed by atoms with Crippen LogP contribution < -0.4 is 10.1 Å². The summed E-state index contributed by atoms with van der Waals surface area (Å²) < 4.78 is 49.2. The molecule has 1 heterocycles. The molecule has 9 heteroatoms. The maximum Gasteiger partial charge on any atom is 0.416 e. The van der Waals surface area contributed by atoms with Gasteiger partial charge in [-0.1, -0.05) is 29.4 Å². The number of ether oxygens (including phenoxy) is 1. The molecular formula is C20H18F3N3O3. The van der Waals surface area contributed by atoms with E-state index in [2.05, 4.69) is 15.5 Å². The number of nitrogens with zero attached hydrogens (tertiary/aromatic N) is 2. The van der Waals surface area contributed by atoms with Crippen molar-refractivity contribution in [3.8, 4) is 5.75 Å². The number of rotatable bonds is 6. The van der Waals surface area contributed by atoms with Gasteiger partial charge in [-0.15, -0.1) is 0 Å². The number of para-hydroxylation sites is 1. The third kappa shape index (κ3) is 5.13. The Morgan fingerprint density at radius 1 is 1.21 bits per heavy atom. The molecule has 0 saturated carbocycles. The lowest BCUT2D eigenvalue weighted by Crippen LogP contribution is -2.27. The topological polar surface area (TPSA) is 77.2 Å². The monoisotopic (exact) mass is 405 g/mol. The summed E-state index contributed by atoms with van der Waals surface area (Å²) in [5, 5.41) is 6.42. The fourth-order valence-corrected chi connectivity index (χ4v) is 2.66. The van der Waals surface area contributed by atoms with Gasteiger partial charge in [-0.2, -0.15) is 18.2 Å². The molecule has 0 unspecified atom stereocenters. The third-order valence-corrected chi connectivity index (χ3v) is 4.12. The van der Waals surface area contributed by atoms with Crippen molar-refractivity contribution in [2.75, 3.05) is 0 Å². The Morgan fingerprint density at radius 2 is 1.97 bits per heavy atom. The zero-order valence-electron chi connectivity index (χ0n) is 15.7. The van der Waals surface area contributed by atoms with Crippen LogP contribution in [0.25, 0.3) is 0 Å². The minimum Gasteiger partial charge on any atom is -0.485 e. The molecule has 0 aliphatic rings. The molecule has 6 nitrogen and oxygen atoms in total. The second-order valence-electron chi connectivity index (χ2n) is 6.33. The molecule has 1 N–H and O–H groups in total. The van der Waals surface area contributed by atoms with Gasteiger partial charge in [0.05, 0.1) is 17.2 Å². The number of halogens is 3. The molecular weight excluding hydrogens is 387 g/mol. The van der Waals surface area contributed by atoms with Gasteiger partial charge in [0.15, 0.2) is 6.61 Å². The smallest absolute Gasteiger partial charge is 0.416 e. The van der Waals surface area contributed by atoms with Crippen molar-refractivity contribution in [1.82, 2.24) is 15.5 Å². The van der Waals surface area contributed by atoms with Gasteiger partial charge in [0.1, 0.15) is 5.75 Å². The molecule has 1 amide bonds. The number of amides is 1. The molecule has 152 valence electrons. The Labute approximate surface area is 164 Å². The van der Waals surface area contributed by atoms with Crippen LogP contribution >= 0.6 is 0 Å². The largest absolute Gasteiger partial charge is 0.485 e. The summed E-state index contributed by atoms with van der Waals surface area (Å²) in [7, 11) is 0. The van der Waals surface area contributed by atoms with Crippen LogP contribution in [0.2, 0.25) is 0 Å². The van der Waals surface area contributed by atoms with E-state index in [0.717, 1.165) is 12.1 Å². The molecule has 0 fully saturated rings. The molecule has 1 atom stereocenters. The van der Waals surface area contributed by atoms with Crippen molar-refractivity contribution in [1.29, 1.82) is 0 Å². The predicted octanol–water partition coefficient (Wildman–Crippen LogP) is 4.47.